The number of imidazole rings is 1. The van der Waals surface area contributed by atoms with Crippen molar-refractivity contribution in [1.29, 1.82) is 0 Å². The zero-order valence-corrected chi connectivity index (χ0v) is 12.2. The van der Waals surface area contributed by atoms with Gasteiger partial charge in [-0.15, -0.1) is 11.6 Å². The highest BCUT2D eigenvalue weighted by atomic mass is 35.5. The smallest absolute Gasteiger partial charge is 0.270 e. The molecule has 0 bridgehead atoms. The number of halogens is 2. The maximum Gasteiger partial charge on any atom is 0.270 e. The number of hydrogen-bond donors (Lipinski definition) is 0. The first-order valence-corrected chi connectivity index (χ1v) is 6.98. The van der Waals surface area contributed by atoms with Crippen molar-refractivity contribution in [2.24, 2.45) is 0 Å². The Balaban J connectivity index is 2.24. The first-order chi connectivity index (χ1) is 10.1. The fourth-order valence-corrected chi connectivity index (χ4v) is 2.61. The molecule has 2 heterocycles. The normalized spacial score (nSPS) is 11.0. The Bertz CT molecular complexity index is 845. The second-order valence-electron chi connectivity index (χ2n) is 4.42. The molecule has 0 aliphatic rings. The molecule has 0 aliphatic heterocycles. The number of nitro groups is 1. The van der Waals surface area contributed by atoms with E-state index < -0.39 is 4.92 Å². The second-order valence-corrected chi connectivity index (χ2v) is 5.13. The van der Waals surface area contributed by atoms with Crippen molar-refractivity contribution >= 4 is 34.5 Å². The van der Waals surface area contributed by atoms with Crippen LogP contribution in [0.15, 0.2) is 42.6 Å². The van der Waals surface area contributed by atoms with Crippen LogP contribution in [0.3, 0.4) is 0 Å². The third kappa shape index (κ3) is 2.46. The number of nitro benzene ring substituents is 1. The van der Waals surface area contributed by atoms with E-state index in [2.05, 4.69) is 4.98 Å². The van der Waals surface area contributed by atoms with Crippen molar-refractivity contribution in [1.82, 2.24) is 9.38 Å². The molecule has 2 aromatic heterocycles. The molecule has 5 nitrogen and oxygen atoms in total. The number of fused-ring (bicyclic) bond motifs is 1. The molecule has 0 aliphatic carbocycles. The summed E-state index contributed by atoms with van der Waals surface area (Å²) >= 11 is 12.0. The summed E-state index contributed by atoms with van der Waals surface area (Å²) in [5.74, 6) is 0.222. The van der Waals surface area contributed by atoms with Crippen LogP contribution >= 0.6 is 23.2 Å². The number of benzene rings is 1. The topological polar surface area (TPSA) is 60.4 Å². The molecule has 0 unspecified atom stereocenters. The van der Waals surface area contributed by atoms with E-state index in [4.69, 9.17) is 23.2 Å². The van der Waals surface area contributed by atoms with Gasteiger partial charge in [0.2, 0.25) is 0 Å². The van der Waals surface area contributed by atoms with Crippen LogP contribution in [0.1, 0.15) is 5.69 Å². The minimum Gasteiger partial charge on any atom is -0.301 e. The summed E-state index contributed by atoms with van der Waals surface area (Å²) < 4.78 is 1.80. The Kier molecular flexibility index (Phi) is 3.53. The van der Waals surface area contributed by atoms with Crippen LogP contribution in [0.2, 0.25) is 5.02 Å². The quantitative estimate of drug-likeness (QED) is 0.410. The summed E-state index contributed by atoms with van der Waals surface area (Å²) in [5.41, 5.74) is 2.73. The average molecular weight is 322 g/mol. The zero-order valence-electron chi connectivity index (χ0n) is 10.7. The van der Waals surface area contributed by atoms with Gasteiger partial charge in [-0.3, -0.25) is 10.1 Å². The predicted octanol–water partition coefficient (Wildman–Crippen LogP) is 4.30. The van der Waals surface area contributed by atoms with Crippen molar-refractivity contribution < 1.29 is 4.92 Å². The largest absolute Gasteiger partial charge is 0.301 e. The Labute approximate surface area is 129 Å². The molecule has 3 aromatic rings. The predicted molar refractivity (Wildman–Crippen MR) is 81.8 cm³/mol. The molecule has 0 radical (unpaired) electrons. The minimum absolute atomic E-state index is 0.0168. The Morgan fingerprint density at radius 2 is 2.10 bits per heavy atom. The molecule has 0 saturated carbocycles. The van der Waals surface area contributed by atoms with E-state index in [1.54, 1.807) is 34.9 Å². The van der Waals surface area contributed by atoms with Crippen LogP contribution in [0.25, 0.3) is 16.9 Å². The molecule has 7 heteroatoms. The van der Waals surface area contributed by atoms with Crippen molar-refractivity contribution in [2.75, 3.05) is 0 Å². The van der Waals surface area contributed by atoms with Gasteiger partial charge >= 0.3 is 0 Å². The summed E-state index contributed by atoms with van der Waals surface area (Å²) in [7, 11) is 0. The van der Waals surface area contributed by atoms with Crippen LogP contribution in [0.5, 0.6) is 0 Å². The SMILES string of the molecule is O=[N+]([O-])c1cccc(-c2nc3ccc(Cl)cn3c2CCl)c1. The zero-order chi connectivity index (χ0) is 15.0. The fraction of sp³-hybridized carbons (Fsp3) is 0.0714. The molecule has 0 atom stereocenters. The van der Waals surface area contributed by atoms with Crippen LogP contribution < -0.4 is 0 Å². The van der Waals surface area contributed by atoms with E-state index >= 15 is 0 Å². The van der Waals surface area contributed by atoms with Gasteiger partial charge in [0.25, 0.3) is 5.69 Å². The van der Waals surface area contributed by atoms with E-state index in [9.17, 15) is 10.1 Å². The highest BCUT2D eigenvalue weighted by Gasteiger charge is 2.15. The molecule has 21 heavy (non-hydrogen) atoms. The van der Waals surface area contributed by atoms with Crippen molar-refractivity contribution in [3.63, 3.8) is 0 Å². The van der Waals surface area contributed by atoms with Crippen LogP contribution in [0, 0.1) is 10.1 Å². The summed E-state index contributed by atoms with van der Waals surface area (Å²) in [6.45, 7) is 0. The maximum absolute atomic E-state index is 10.9. The molecule has 1 aromatic carbocycles. The number of hydrogen-bond acceptors (Lipinski definition) is 3. The third-order valence-electron chi connectivity index (χ3n) is 3.14. The molecule has 106 valence electrons. The molecular weight excluding hydrogens is 313 g/mol. The standard InChI is InChI=1S/C14H9Cl2N3O2/c15-7-12-14(9-2-1-3-11(6-9)19(20)21)17-13-5-4-10(16)8-18(12)13/h1-6,8H,7H2. The molecule has 0 amide bonds. The van der Waals surface area contributed by atoms with Crippen molar-refractivity contribution in [2.45, 2.75) is 5.88 Å². The summed E-state index contributed by atoms with van der Waals surface area (Å²) in [6, 6.07) is 9.84. The van der Waals surface area contributed by atoms with E-state index in [-0.39, 0.29) is 11.6 Å². The van der Waals surface area contributed by atoms with Crippen LogP contribution in [-0.2, 0) is 5.88 Å². The lowest BCUT2D eigenvalue weighted by molar-refractivity contribution is -0.384. The number of alkyl halides is 1. The third-order valence-corrected chi connectivity index (χ3v) is 3.62. The van der Waals surface area contributed by atoms with Gasteiger partial charge < -0.3 is 4.40 Å². The number of pyridine rings is 1. The Morgan fingerprint density at radius 3 is 2.81 bits per heavy atom. The second kappa shape index (κ2) is 5.35. The Hall–Kier alpha value is -2.11. The minimum atomic E-state index is -0.434. The van der Waals surface area contributed by atoms with Gasteiger partial charge in [-0.1, -0.05) is 23.7 Å². The highest BCUT2D eigenvalue weighted by Crippen LogP contribution is 2.29. The molecule has 0 fully saturated rings. The highest BCUT2D eigenvalue weighted by molar-refractivity contribution is 6.30. The lowest BCUT2D eigenvalue weighted by Gasteiger charge is -2.02. The molecule has 0 saturated heterocycles. The van der Waals surface area contributed by atoms with E-state index in [1.807, 2.05) is 0 Å². The molecule has 0 spiro atoms. The summed E-state index contributed by atoms with van der Waals surface area (Å²) in [6.07, 6.45) is 1.72. The summed E-state index contributed by atoms with van der Waals surface area (Å²) in [5, 5.41) is 11.5. The van der Waals surface area contributed by atoms with Gasteiger partial charge in [0.1, 0.15) is 5.65 Å². The molecule has 3 rings (SSSR count). The van der Waals surface area contributed by atoms with Gasteiger partial charge in [0.05, 0.1) is 27.2 Å². The number of aromatic nitrogens is 2. The van der Waals surface area contributed by atoms with E-state index in [0.717, 1.165) is 5.69 Å². The lowest BCUT2D eigenvalue weighted by atomic mass is 10.1. The number of nitrogens with zero attached hydrogens (tertiary/aromatic N) is 3. The Morgan fingerprint density at radius 1 is 1.29 bits per heavy atom. The number of rotatable bonds is 3. The van der Waals surface area contributed by atoms with E-state index in [0.29, 0.717) is 21.9 Å². The van der Waals surface area contributed by atoms with Crippen LogP contribution in [0.4, 0.5) is 5.69 Å². The molecule has 0 N–H and O–H groups in total. The first-order valence-electron chi connectivity index (χ1n) is 6.07. The van der Waals surface area contributed by atoms with Gasteiger partial charge in [0, 0.05) is 23.9 Å². The van der Waals surface area contributed by atoms with Gasteiger partial charge in [-0.2, -0.15) is 0 Å². The fourth-order valence-electron chi connectivity index (χ4n) is 2.19. The monoisotopic (exact) mass is 321 g/mol. The number of non-ortho nitro benzene ring substituents is 1. The molecular formula is C14H9Cl2N3O2. The van der Waals surface area contributed by atoms with Gasteiger partial charge in [-0.05, 0) is 12.1 Å². The van der Waals surface area contributed by atoms with Crippen molar-refractivity contribution in [3.8, 4) is 11.3 Å². The van der Waals surface area contributed by atoms with Crippen LogP contribution in [-0.4, -0.2) is 14.3 Å². The van der Waals surface area contributed by atoms with Gasteiger partial charge in [0.15, 0.2) is 0 Å². The van der Waals surface area contributed by atoms with E-state index in [1.165, 1.54) is 12.1 Å². The summed E-state index contributed by atoms with van der Waals surface area (Å²) in [4.78, 5) is 15.0. The first kappa shape index (κ1) is 13.9. The van der Waals surface area contributed by atoms with Crippen molar-refractivity contribution in [3.05, 3.63) is 63.4 Å². The lowest BCUT2D eigenvalue weighted by Crippen LogP contribution is -1.92. The van der Waals surface area contributed by atoms with Gasteiger partial charge in [-0.25, -0.2) is 4.98 Å². The maximum atomic E-state index is 10.9. The average Bonchev–Trinajstić information content (AvgIpc) is 2.85.